The van der Waals surface area contributed by atoms with E-state index in [1.54, 1.807) is 14.2 Å². The Morgan fingerprint density at radius 2 is 1.71 bits per heavy atom. The first-order valence-electron chi connectivity index (χ1n) is 10.7. The van der Waals surface area contributed by atoms with Gasteiger partial charge in [0.05, 0.1) is 46.4 Å². The number of quaternary nitrogens is 1. The Kier molecular flexibility index (Phi) is 6.79. The molecule has 0 spiro atoms. The van der Waals surface area contributed by atoms with Crippen molar-refractivity contribution >= 4 is 5.69 Å². The molecule has 0 unspecified atom stereocenters. The molecule has 2 aromatic carbocycles. The quantitative estimate of drug-likeness (QED) is 0.586. The lowest BCUT2D eigenvalue weighted by Gasteiger charge is -2.37. The molecule has 0 saturated carbocycles. The molecule has 1 aromatic heterocycles. The summed E-state index contributed by atoms with van der Waals surface area (Å²) in [5.74, 6) is 1.78. The lowest BCUT2D eigenvalue weighted by molar-refractivity contribution is -0.927. The van der Waals surface area contributed by atoms with Crippen molar-refractivity contribution in [2.24, 2.45) is 0 Å². The fourth-order valence-electron chi connectivity index (χ4n) is 4.22. The van der Waals surface area contributed by atoms with Gasteiger partial charge in [-0.25, -0.2) is 4.68 Å². The Balaban J connectivity index is 1.55. The third-order valence-electron chi connectivity index (χ3n) is 5.99. The Labute approximate surface area is 183 Å². The first-order chi connectivity index (χ1) is 15.2. The Hall–Kier alpha value is -2.97. The van der Waals surface area contributed by atoms with Crippen molar-refractivity contribution in [2.45, 2.75) is 19.5 Å². The van der Waals surface area contributed by atoms with Crippen LogP contribution >= 0.6 is 0 Å². The zero-order valence-corrected chi connectivity index (χ0v) is 18.5. The summed E-state index contributed by atoms with van der Waals surface area (Å²) >= 11 is 0. The third-order valence-corrected chi connectivity index (χ3v) is 5.99. The van der Waals surface area contributed by atoms with Gasteiger partial charge in [-0.2, -0.15) is 0 Å². The molecule has 0 radical (unpaired) electrons. The van der Waals surface area contributed by atoms with E-state index in [0.29, 0.717) is 13.2 Å². The van der Waals surface area contributed by atoms with Gasteiger partial charge < -0.3 is 19.3 Å². The van der Waals surface area contributed by atoms with Crippen molar-refractivity contribution in [3.8, 4) is 5.75 Å². The number of nitrogens with one attached hydrogen (secondary N) is 1. The smallest absolute Gasteiger partial charge is 0.214 e. The number of tetrazole rings is 1. The number of methoxy groups -OCH3 is 2. The highest BCUT2D eigenvalue weighted by Gasteiger charge is 2.34. The monoisotopic (exact) mass is 423 g/mol. The van der Waals surface area contributed by atoms with E-state index in [-0.39, 0.29) is 6.04 Å². The summed E-state index contributed by atoms with van der Waals surface area (Å²) in [5.41, 5.74) is 3.73. The number of benzene rings is 2. The van der Waals surface area contributed by atoms with Gasteiger partial charge in [0.15, 0.2) is 6.04 Å². The summed E-state index contributed by atoms with van der Waals surface area (Å²) in [5, 5.41) is 12.7. The molecule has 1 aliphatic rings. The summed E-state index contributed by atoms with van der Waals surface area (Å²) in [6.45, 7) is 7.30. The van der Waals surface area contributed by atoms with Crippen molar-refractivity contribution in [3.05, 3.63) is 65.5 Å². The Morgan fingerprint density at radius 3 is 2.35 bits per heavy atom. The topological polar surface area (TPSA) is 69.7 Å². The number of nitrogens with zero attached hydrogens (tertiary/aromatic N) is 5. The lowest BCUT2D eigenvalue weighted by atomic mass is 10.0. The van der Waals surface area contributed by atoms with Gasteiger partial charge in [0.25, 0.3) is 0 Å². The van der Waals surface area contributed by atoms with Crippen LogP contribution in [0, 0.1) is 6.92 Å². The molecule has 0 amide bonds. The highest BCUT2D eigenvalue weighted by atomic mass is 16.5. The molecule has 2 heterocycles. The van der Waals surface area contributed by atoms with Gasteiger partial charge in [-0.3, -0.25) is 0 Å². The molecule has 1 N–H and O–H groups in total. The van der Waals surface area contributed by atoms with E-state index in [1.807, 2.05) is 16.8 Å². The van der Waals surface area contributed by atoms with Gasteiger partial charge in [0.2, 0.25) is 5.82 Å². The van der Waals surface area contributed by atoms with Gasteiger partial charge in [-0.15, -0.1) is 5.10 Å². The third kappa shape index (κ3) is 4.86. The molecule has 8 heteroatoms. The molecular weight excluding hydrogens is 392 g/mol. The first-order valence-corrected chi connectivity index (χ1v) is 10.7. The molecule has 1 saturated heterocycles. The van der Waals surface area contributed by atoms with Gasteiger partial charge in [-0.1, -0.05) is 29.8 Å². The number of rotatable bonds is 8. The average molecular weight is 424 g/mol. The molecule has 3 aromatic rings. The Bertz CT molecular complexity index is 949. The van der Waals surface area contributed by atoms with E-state index < -0.39 is 0 Å². The minimum Gasteiger partial charge on any atom is -0.497 e. The van der Waals surface area contributed by atoms with Gasteiger partial charge in [-0.05, 0) is 41.6 Å². The van der Waals surface area contributed by atoms with E-state index >= 15 is 0 Å². The first kappa shape index (κ1) is 21.3. The number of ether oxygens (including phenoxy) is 2. The second kappa shape index (κ2) is 9.89. The van der Waals surface area contributed by atoms with E-state index in [4.69, 9.17) is 9.47 Å². The molecule has 1 fully saturated rings. The van der Waals surface area contributed by atoms with Crippen LogP contribution in [0.15, 0.2) is 48.5 Å². The van der Waals surface area contributed by atoms with Crippen molar-refractivity contribution < 1.29 is 14.4 Å². The van der Waals surface area contributed by atoms with Gasteiger partial charge >= 0.3 is 0 Å². The number of aryl methyl sites for hydroxylation is 1. The standard InChI is InChI=1S/C23H30N6O2/c1-18-4-6-19(7-5-18)22(23-24-25-26-29(23)16-17-30-2)28-14-12-27(13-15-28)20-8-10-21(31-3)11-9-20/h4-11,22H,12-17H2,1-3H3/p+1/t22-/m0/s1. The van der Waals surface area contributed by atoms with Crippen LogP contribution in [0.3, 0.4) is 0 Å². The zero-order chi connectivity index (χ0) is 21.6. The highest BCUT2D eigenvalue weighted by molar-refractivity contribution is 5.49. The predicted molar refractivity (Wildman–Crippen MR) is 119 cm³/mol. The summed E-state index contributed by atoms with van der Waals surface area (Å²) in [6.07, 6.45) is 0. The molecule has 4 rings (SSSR count). The van der Waals surface area contributed by atoms with Crippen LogP contribution in [0.2, 0.25) is 0 Å². The molecule has 0 aliphatic carbocycles. The maximum absolute atomic E-state index is 5.29. The van der Waals surface area contributed by atoms with Crippen LogP contribution in [0.4, 0.5) is 5.69 Å². The van der Waals surface area contributed by atoms with Gasteiger partial charge in [0, 0.05) is 18.4 Å². The van der Waals surface area contributed by atoms with Crippen LogP contribution in [0.1, 0.15) is 23.0 Å². The molecule has 1 atom stereocenters. The average Bonchev–Trinajstić information content (AvgIpc) is 3.27. The van der Waals surface area contributed by atoms with Crippen molar-refractivity contribution in [3.63, 3.8) is 0 Å². The van der Waals surface area contributed by atoms with E-state index in [1.165, 1.54) is 21.7 Å². The summed E-state index contributed by atoms with van der Waals surface area (Å²) in [6, 6.07) is 17.1. The molecular formula is C23H31N6O2+. The minimum atomic E-state index is 0.0884. The molecule has 0 bridgehead atoms. The summed E-state index contributed by atoms with van der Waals surface area (Å²) < 4.78 is 12.4. The second-order valence-corrected chi connectivity index (χ2v) is 7.94. The normalized spacial score (nSPS) is 15.8. The maximum atomic E-state index is 5.29. The van der Waals surface area contributed by atoms with Gasteiger partial charge in [0.1, 0.15) is 5.75 Å². The largest absolute Gasteiger partial charge is 0.497 e. The van der Waals surface area contributed by atoms with Crippen molar-refractivity contribution in [2.75, 3.05) is 51.9 Å². The molecule has 1 aliphatic heterocycles. The Morgan fingerprint density at radius 1 is 1.00 bits per heavy atom. The fraction of sp³-hybridized carbons (Fsp3) is 0.435. The van der Waals surface area contributed by atoms with E-state index in [0.717, 1.165) is 37.8 Å². The highest BCUT2D eigenvalue weighted by Crippen LogP contribution is 2.21. The zero-order valence-electron chi connectivity index (χ0n) is 18.5. The van der Waals surface area contributed by atoms with E-state index in [9.17, 15) is 0 Å². The van der Waals surface area contributed by atoms with Crippen LogP contribution in [0.25, 0.3) is 0 Å². The summed E-state index contributed by atoms with van der Waals surface area (Å²) in [7, 11) is 3.40. The van der Waals surface area contributed by atoms with Crippen LogP contribution < -0.4 is 14.5 Å². The predicted octanol–water partition coefficient (Wildman–Crippen LogP) is 1.13. The van der Waals surface area contributed by atoms with Crippen LogP contribution in [-0.4, -0.2) is 67.2 Å². The van der Waals surface area contributed by atoms with Crippen molar-refractivity contribution in [1.29, 1.82) is 0 Å². The fourth-order valence-corrected chi connectivity index (χ4v) is 4.22. The molecule has 8 nitrogen and oxygen atoms in total. The number of anilines is 1. The van der Waals surface area contributed by atoms with Crippen LogP contribution in [0.5, 0.6) is 5.75 Å². The number of hydrogen-bond donors (Lipinski definition) is 1. The van der Waals surface area contributed by atoms with E-state index in [2.05, 4.69) is 63.7 Å². The molecule has 164 valence electrons. The minimum absolute atomic E-state index is 0.0884. The second-order valence-electron chi connectivity index (χ2n) is 7.94. The maximum Gasteiger partial charge on any atom is 0.214 e. The molecule has 31 heavy (non-hydrogen) atoms. The SMILES string of the molecule is COCCn1nnnc1[C@H](c1ccc(C)cc1)[NH+]1CCN(c2ccc(OC)cc2)CC1. The lowest BCUT2D eigenvalue weighted by Crippen LogP contribution is -3.15. The number of piperazine rings is 1. The number of hydrogen-bond acceptors (Lipinski definition) is 6. The van der Waals surface area contributed by atoms with Crippen LogP contribution in [-0.2, 0) is 11.3 Å². The van der Waals surface area contributed by atoms with Crippen molar-refractivity contribution in [1.82, 2.24) is 20.2 Å². The number of aromatic nitrogens is 4. The summed E-state index contributed by atoms with van der Waals surface area (Å²) in [4.78, 5) is 3.91.